The Labute approximate surface area is 123 Å². The van der Waals surface area contributed by atoms with Crippen LogP contribution in [0.3, 0.4) is 0 Å². The lowest BCUT2D eigenvalue weighted by molar-refractivity contribution is 0.192. The number of urea groups is 1. The van der Waals surface area contributed by atoms with Crippen molar-refractivity contribution in [2.45, 2.75) is 33.4 Å². The van der Waals surface area contributed by atoms with Crippen LogP contribution in [0.15, 0.2) is 28.8 Å². The van der Waals surface area contributed by atoms with Crippen LogP contribution in [0.1, 0.15) is 28.1 Å². The van der Waals surface area contributed by atoms with Crippen molar-refractivity contribution >= 4 is 6.03 Å². The summed E-state index contributed by atoms with van der Waals surface area (Å²) in [6.07, 6.45) is 0.912. The fourth-order valence-electron chi connectivity index (χ4n) is 2.70. The minimum atomic E-state index is -0.0375. The molecule has 110 valence electrons. The second-order valence-electron chi connectivity index (χ2n) is 5.40. The highest BCUT2D eigenvalue weighted by atomic mass is 16.5. The lowest BCUT2D eigenvalue weighted by Gasteiger charge is -2.28. The third-order valence-electron chi connectivity index (χ3n) is 4.02. The molecule has 0 saturated carbocycles. The number of aryl methyl sites for hydroxylation is 2. The minimum absolute atomic E-state index is 0.0375. The van der Waals surface area contributed by atoms with Gasteiger partial charge in [-0.3, -0.25) is 0 Å². The van der Waals surface area contributed by atoms with Gasteiger partial charge in [-0.25, -0.2) is 4.79 Å². The van der Waals surface area contributed by atoms with Crippen molar-refractivity contribution < 1.29 is 9.32 Å². The molecule has 1 aliphatic heterocycles. The number of fused-ring (bicyclic) bond motifs is 1. The van der Waals surface area contributed by atoms with E-state index < -0.39 is 0 Å². The molecule has 5 nitrogen and oxygen atoms in total. The van der Waals surface area contributed by atoms with E-state index in [2.05, 4.69) is 22.6 Å². The Balaban J connectivity index is 1.62. The number of hydrogen-bond donors (Lipinski definition) is 1. The van der Waals surface area contributed by atoms with Gasteiger partial charge in [-0.1, -0.05) is 29.4 Å². The standard InChI is InChI=1S/C16H19N3O2/c1-11-15(12(2)21-18-11)9-17-16(20)19-8-7-13-5-3-4-6-14(13)10-19/h3-6H,7-10H2,1-2H3,(H,17,20). The van der Waals surface area contributed by atoms with Crippen molar-refractivity contribution in [1.29, 1.82) is 0 Å². The maximum absolute atomic E-state index is 12.3. The highest BCUT2D eigenvalue weighted by Gasteiger charge is 2.20. The molecule has 3 rings (SSSR count). The Kier molecular flexibility index (Phi) is 3.64. The van der Waals surface area contributed by atoms with Crippen LogP contribution in [0.25, 0.3) is 0 Å². The van der Waals surface area contributed by atoms with Gasteiger partial charge < -0.3 is 14.7 Å². The minimum Gasteiger partial charge on any atom is -0.361 e. The summed E-state index contributed by atoms with van der Waals surface area (Å²) in [6, 6.07) is 8.25. The van der Waals surface area contributed by atoms with Gasteiger partial charge in [0.05, 0.1) is 5.69 Å². The molecule has 21 heavy (non-hydrogen) atoms. The maximum Gasteiger partial charge on any atom is 0.317 e. The number of carbonyl (C=O) groups excluding carboxylic acids is 1. The molecule has 0 atom stereocenters. The van der Waals surface area contributed by atoms with E-state index in [1.165, 1.54) is 11.1 Å². The number of hydrogen-bond acceptors (Lipinski definition) is 3. The molecule has 0 radical (unpaired) electrons. The van der Waals surface area contributed by atoms with E-state index in [0.29, 0.717) is 13.1 Å². The number of nitrogens with zero attached hydrogens (tertiary/aromatic N) is 2. The molecule has 5 heteroatoms. The predicted molar refractivity (Wildman–Crippen MR) is 78.8 cm³/mol. The van der Waals surface area contributed by atoms with Crippen LogP contribution in [-0.2, 0) is 19.5 Å². The van der Waals surface area contributed by atoms with Gasteiger partial charge in [-0.15, -0.1) is 0 Å². The van der Waals surface area contributed by atoms with Crippen molar-refractivity contribution in [3.05, 3.63) is 52.4 Å². The Hall–Kier alpha value is -2.30. The fraction of sp³-hybridized carbons (Fsp3) is 0.375. The van der Waals surface area contributed by atoms with E-state index in [0.717, 1.165) is 30.0 Å². The first-order valence-electron chi connectivity index (χ1n) is 7.16. The molecule has 0 fully saturated rings. The van der Waals surface area contributed by atoms with Crippen LogP contribution in [0, 0.1) is 13.8 Å². The van der Waals surface area contributed by atoms with E-state index in [1.54, 1.807) is 0 Å². The molecule has 1 N–H and O–H groups in total. The summed E-state index contributed by atoms with van der Waals surface area (Å²) in [5.74, 6) is 0.761. The van der Waals surface area contributed by atoms with Gasteiger partial charge in [0.15, 0.2) is 0 Å². The van der Waals surface area contributed by atoms with Gasteiger partial charge in [0.2, 0.25) is 0 Å². The zero-order valence-electron chi connectivity index (χ0n) is 12.3. The molecule has 0 unspecified atom stereocenters. The SMILES string of the molecule is Cc1noc(C)c1CNC(=O)N1CCc2ccccc2C1. The van der Waals surface area contributed by atoms with Gasteiger partial charge >= 0.3 is 6.03 Å². The zero-order chi connectivity index (χ0) is 14.8. The Morgan fingerprint density at radius 2 is 2.10 bits per heavy atom. The second-order valence-corrected chi connectivity index (χ2v) is 5.40. The van der Waals surface area contributed by atoms with Crippen molar-refractivity contribution in [3.63, 3.8) is 0 Å². The Bertz CT molecular complexity index is 644. The third kappa shape index (κ3) is 2.77. The second kappa shape index (κ2) is 5.60. The predicted octanol–water partition coefficient (Wildman–Crippen LogP) is 2.56. The van der Waals surface area contributed by atoms with Crippen LogP contribution in [0.4, 0.5) is 4.79 Å². The molecule has 0 saturated heterocycles. The topological polar surface area (TPSA) is 58.4 Å². The molecule has 2 aromatic rings. The first kappa shape index (κ1) is 13.7. The number of rotatable bonds is 2. The summed E-state index contributed by atoms with van der Waals surface area (Å²) in [5, 5.41) is 6.85. The largest absolute Gasteiger partial charge is 0.361 e. The summed E-state index contributed by atoms with van der Waals surface area (Å²) in [6.45, 7) is 5.62. The van der Waals surface area contributed by atoms with E-state index in [9.17, 15) is 4.79 Å². The number of nitrogens with one attached hydrogen (secondary N) is 1. The smallest absolute Gasteiger partial charge is 0.317 e. The molecule has 2 amide bonds. The van der Waals surface area contributed by atoms with Crippen molar-refractivity contribution in [3.8, 4) is 0 Å². The van der Waals surface area contributed by atoms with Crippen molar-refractivity contribution in [2.75, 3.05) is 6.54 Å². The third-order valence-corrected chi connectivity index (χ3v) is 4.02. The molecular weight excluding hydrogens is 266 g/mol. The number of amides is 2. The molecule has 1 aliphatic rings. The normalized spacial score (nSPS) is 13.9. The maximum atomic E-state index is 12.3. The molecule has 0 aliphatic carbocycles. The molecule has 0 bridgehead atoms. The summed E-state index contributed by atoms with van der Waals surface area (Å²) < 4.78 is 5.10. The van der Waals surface area contributed by atoms with E-state index in [-0.39, 0.29) is 6.03 Å². The summed E-state index contributed by atoms with van der Waals surface area (Å²) in [7, 11) is 0. The lowest BCUT2D eigenvalue weighted by Crippen LogP contribution is -2.42. The quantitative estimate of drug-likeness (QED) is 0.922. The summed E-state index contributed by atoms with van der Waals surface area (Å²) >= 11 is 0. The molecule has 0 spiro atoms. The molecule has 1 aromatic heterocycles. The first-order chi connectivity index (χ1) is 10.1. The summed E-state index contributed by atoms with van der Waals surface area (Å²) in [4.78, 5) is 14.1. The van der Waals surface area contributed by atoms with Crippen LogP contribution in [-0.4, -0.2) is 22.6 Å². The van der Waals surface area contributed by atoms with Crippen LogP contribution in [0.5, 0.6) is 0 Å². The van der Waals surface area contributed by atoms with Crippen LogP contribution >= 0.6 is 0 Å². The van der Waals surface area contributed by atoms with Crippen molar-refractivity contribution in [1.82, 2.24) is 15.4 Å². The van der Waals surface area contributed by atoms with Gasteiger partial charge in [-0.05, 0) is 31.4 Å². The Morgan fingerprint density at radius 3 is 2.81 bits per heavy atom. The Morgan fingerprint density at radius 1 is 1.33 bits per heavy atom. The van der Waals surface area contributed by atoms with Gasteiger partial charge in [0, 0.05) is 25.2 Å². The highest BCUT2D eigenvalue weighted by molar-refractivity contribution is 5.74. The average molecular weight is 285 g/mol. The van der Waals surface area contributed by atoms with E-state index in [1.807, 2.05) is 30.9 Å². The van der Waals surface area contributed by atoms with Crippen LogP contribution in [0.2, 0.25) is 0 Å². The number of carbonyl (C=O) groups is 1. The zero-order valence-corrected chi connectivity index (χ0v) is 12.3. The van der Waals surface area contributed by atoms with E-state index >= 15 is 0 Å². The summed E-state index contributed by atoms with van der Waals surface area (Å²) in [5.41, 5.74) is 4.36. The lowest BCUT2D eigenvalue weighted by atomic mass is 10.0. The van der Waals surface area contributed by atoms with Gasteiger partial charge in [0.1, 0.15) is 5.76 Å². The van der Waals surface area contributed by atoms with Crippen LogP contribution < -0.4 is 5.32 Å². The average Bonchev–Trinajstić information content (AvgIpc) is 2.83. The molecule has 1 aromatic carbocycles. The monoisotopic (exact) mass is 285 g/mol. The van der Waals surface area contributed by atoms with Gasteiger partial charge in [-0.2, -0.15) is 0 Å². The van der Waals surface area contributed by atoms with Gasteiger partial charge in [0.25, 0.3) is 0 Å². The number of aromatic nitrogens is 1. The highest BCUT2D eigenvalue weighted by Crippen LogP contribution is 2.18. The molecular formula is C16H19N3O2. The molecule has 2 heterocycles. The number of benzene rings is 1. The first-order valence-corrected chi connectivity index (χ1v) is 7.16. The van der Waals surface area contributed by atoms with Crippen molar-refractivity contribution in [2.24, 2.45) is 0 Å². The van der Waals surface area contributed by atoms with E-state index in [4.69, 9.17) is 4.52 Å². The fourth-order valence-corrected chi connectivity index (χ4v) is 2.70.